The van der Waals surface area contributed by atoms with Crippen LogP contribution < -0.4 is 4.74 Å². The fourth-order valence-corrected chi connectivity index (χ4v) is 4.10. The van der Waals surface area contributed by atoms with Gasteiger partial charge in [0, 0.05) is 31.0 Å². The molecule has 1 aromatic heterocycles. The number of nitrogens with zero attached hydrogens (tertiary/aromatic N) is 3. The van der Waals surface area contributed by atoms with Crippen LogP contribution in [0.15, 0.2) is 48.3 Å². The van der Waals surface area contributed by atoms with Crippen LogP contribution >= 0.6 is 11.6 Å². The second kappa shape index (κ2) is 10.6. The SMILES string of the molecule is CCOc1ccc(C(O)=C2C(=O)C(=O)N(CCN(CC)CC)[C@@H]2c2ccncc2)cc1Cl. The highest BCUT2D eigenvalue weighted by Crippen LogP contribution is 2.40. The molecule has 1 aromatic carbocycles. The van der Waals surface area contributed by atoms with Crippen molar-refractivity contribution in [1.29, 1.82) is 0 Å². The molecule has 1 amide bonds. The van der Waals surface area contributed by atoms with Crippen LogP contribution in [0.2, 0.25) is 5.02 Å². The molecule has 1 aliphatic rings. The zero-order chi connectivity index (χ0) is 23.3. The number of aliphatic hydroxyl groups is 1. The quantitative estimate of drug-likeness (QED) is 0.349. The van der Waals surface area contributed by atoms with Crippen LogP contribution in [0.3, 0.4) is 0 Å². The molecule has 0 saturated carbocycles. The number of carbonyl (C=O) groups is 2. The molecule has 0 aliphatic carbocycles. The van der Waals surface area contributed by atoms with Crippen LogP contribution in [0, 0.1) is 0 Å². The standard InChI is InChI=1S/C24H28ClN3O4/c1-4-27(5-2)13-14-28-21(16-9-11-26-12-10-16)20(23(30)24(28)31)22(29)17-7-8-19(32-6-3)18(25)15-17/h7-12,15,21,29H,4-6,13-14H2,1-3H3/t21-/m1/s1. The van der Waals surface area contributed by atoms with Crippen molar-refractivity contribution < 1.29 is 19.4 Å². The number of likely N-dealkylation sites (tertiary alicyclic amines) is 1. The van der Waals surface area contributed by atoms with Gasteiger partial charge in [0.05, 0.1) is 23.2 Å². The van der Waals surface area contributed by atoms with Crippen molar-refractivity contribution in [2.45, 2.75) is 26.8 Å². The van der Waals surface area contributed by atoms with Crippen molar-refractivity contribution in [3.8, 4) is 5.75 Å². The molecule has 3 rings (SSSR count). The van der Waals surface area contributed by atoms with E-state index in [1.54, 1.807) is 36.7 Å². The maximum absolute atomic E-state index is 13.1. The topological polar surface area (TPSA) is 83.0 Å². The van der Waals surface area contributed by atoms with Gasteiger partial charge in [-0.05, 0) is 55.9 Å². The lowest BCUT2D eigenvalue weighted by Crippen LogP contribution is -2.38. The van der Waals surface area contributed by atoms with Crippen molar-refractivity contribution >= 4 is 29.1 Å². The van der Waals surface area contributed by atoms with Gasteiger partial charge in [-0.25, -0.2) is 0 Å². The van der Waals surface area contributed by atoms with Crippen molar-refractivity contribution in [1.82, 2.24) is 14.8 Å². The van der Waals surface area contributed by atoms with Gasteiger partial charge < -0.3 is 19.6 Å². The predicted molar refractivity (Wildman–Crippen MR) is 124 cm³/mol. The summed E-state index contributed by atoms with van der Waals surface area (Å²) in [5.41, 5.74) is 1.09. The van der Waals surface area contributed by atoms with Gasteiger partial charge in [0.15, 0.2) is 0 Å². The zero-order valence-electron chi connectivity index (χ0n) is 18.5. The van der Waals surface area contributed by atoms with E-state index in [0.29, 0.717) is 41.6 Å². The summed E-state index contributed by atoms with van der Waals surface area (Å²) < 4.78 is 5.45. The summed E-state index contributed by atoms with van der Waals surface area (Å²) in [7, 11) is 0. The largest absolute Gasteiger partial charge is 0.507 e. The number of halogens is 1. The van der Waals surface area contributed by atoms with Gasteiger partial charge in [-0.2, -0.15) is 0 Å². The fraction of sp³-hybridized carbons (Fsp3) is 0.375. The molecule has 1 fully saturated rings. The molecule has 1 saturated heterocycles. The van der Waals surface area contributed by atoms with E-state index < -0.39 is 17.7 Å². The molecule has 170 valence electrons. The number of Topliss-reactive ketones (excluding diaryl/α,β-unsaturated/α-hetero) is 1. The Morgan fingerprint density at radius 3 is 2.44 bits per heavy atom. The molecule has 0 bridgehead atoms. The average Bonchev–Trinajstić information content (AvgIpc) is 3.06. The molecular formula is C24H28ClN3O4. The summed E-state index contributed by atoms with van der Waals surface area (Å²) in [5.74, 6) is -1.12. The molecule has 0 unspecified atom stereocenters. The van der Waals surface area contributed by atoms with Gasteiger partial charge in [-0.1, -0.05) is 25.4 Å². The number of ketones is 1. The summed E-state index contributed by atoms with van der Waals surface area (Å²) in [6, 6.07) is 7.59. The van der Waals surface area contributed by atoms with Gasteiger partial charge in [0.1, 0.15) is 11.5 Å². The van der Waals surface area contributed by atoms with E-state index >= 15 is 0 Å². The average molecular weight is 458 g/mol. The van der Waals surface area contributed by atoms with E-state index in [1.165, 1.54) is 11.0 Å². The van der Waals surface area contributed by atoms with E-state index in [-0.39, 0.29) is 11.3 Å². The lowest BCUT2D eigenvalue weighted by molar-refractivity contribution is -0.140. The number of aromatic nitrogens is 1. The molecule has 0 spiro atoms. The number of pyridine rings is 1. The summed E-state index contributed by atoms with van der Waals surface area (Å²) in [5, 5.41) is 11.4. The van der Waals surface area contributed by atoms with Gasteiger partial charge in [0.25, 0.3) is 11.7 Å². The van der Waals surface area contributed by atoms with Crippen LogP contribution in [0.1, 0.15) is 37.9 Å². The summed E-state index contributed by atoms with van der Waals surface area (Å²) in [6.07, 6.45) is 3.21. The van der Waals surface area contributed by atoms with Crippen LogP contribution in [0.4, 0.5) is 0 Å². The maximum Gasteiger partial charge on any atom is 0.295 e. The number of benzene rings is 1. The minimum Gasteiger partial charge on any atom is -0.507 e. The maximum atomic E-state index is 13.1. The zero-order valence-corrected chi connectivity index (χ0v) is 19.3. The summed E-state index contributed by atoms with van der Waals surface area (Å²) in [6.45, 7) is 9.05. The molecular weight excluding hydrogens is 430 g/mol. The molecule has 2 aromatic rings. The first-order valence-electron chi connectivity index (χ1n) is 10.8. The molecule has 1 aliphatic heterocycles. The molecule has 8 heteroatoms. The molecule has 1 atom stereocenters. The minimum absolute atomic E-state index is 0.0426. The highest BCUT2D eigenvalue weighted by atomic mass is 35.5. The van der Waals surface area contributed by atoms with Crippen molar-refractivity contribution in [3.05, 3.63) is 64.4 Å². The Labute approximate surface area is 193 Å². The number of hydrogen-bond donors (Lipinski definition) is 1. The van der Waals surface area contributed by atoms with Gasteiger partial charge in [0.2, 0.25) is 0 Å². The number of ether oxygens (including phenoxy) is 1. The minimum atomic E-state index is -0.714. The van der Waals surface area contributed by atoms with Crippen molar-refractivity contribution in [2.75, 3.05) is 32.8 Å². The van der Waals surface area contributed by atoms with E-state index in [9.17, 15) is 14.7 Å². The smallest absolute Gasteiger partial charge is 0.295 e. The second-order valence-electron chi connectivity index (χ2n) is 7.38. The molecule has 0 radical (unpaired) electrons. The van der Waals surface area contributed by atoms with E-state index in [2.05, 4.69) is 9.88 Å². The first-order valence-corrected chi connectivity index (χ1v) is 11.1. The highest BCUT2D eigenvalue weighted by molar-refractivity contribution is 6.46. The summed E-state index contributed by atoms with van der Waals surface area (Å²) >= 11 is 6.29. The van der Waals surface area contributed by atoms with Crippen molar-refractivity contribution in [2.24, 2.45) is 0 Å². The Hall–Kier alpha value is -2.90. The number of carbonyl (C=O) groups excluding carboxylic acids is 2. The number of rotatable bonds is 9. The molecule has 2 heterocycles. The number of likely N-dealkylation sites (N-methyl/N-ethyl adjacent to an activating group) is 1. The summed E-state index contributed by atoms with van der Waals surface area (Å²) in [4.78, 5) is 33.8. The highest BCUT2D eigenvalue weighted by Gasteiger charge is 2.46. The lowest BCUT2D eigenvalue weighted by Gasteiger charge is -2.28. The normalized spacial score (nSPS) is 17.9. The van der Waals surface area contributed by atoms with E-state index in [1.807, 2.05) is 20.8 Å². The first kappa shape index (κ1) is 23.8. The molecule has 7 nitrogen and oxygen atoms in total. The third-order valence-electron chi connectivity index (χ3n) is 5.62. The monoisotopic (exact) mass is 457 g/mol. The Bertz CT molecular complexity index is 1010. The lowest BCUT2D eigenvalue weighted by atomic mass is 9.96. The second-order valence-corrected chi connectivity index (χ2v) is 7.79. The van der Waals surface area contributed by atoms with Crippen LogP contribution in [-0.4, -0.2) is 64.4 Å². The third kappa shape index (κ3) is 4.79. The van der Waals surface area contributed by atoms with Crippen LogP contribution in [-0.2, 0) is 9.59 Å². The number of aliphatic hydroxyl groups excluding tert-OH is 1. The number of hydrogen-bond acceptors (Lipinski definition) is 6. The van der Waals surface area contributed by atoms with Crippen LogP contribution in [0.25, 0.3) is 5.76 Å². The Morgan fingerprint density at radius 1 is 1.16 bits per heavy atom. The molecule has 1 N–H and O–H groups in total. The van der Waals surface area contributed by atoms with E-state index in [4.69, 9.17) is 16.3 Å². The first-order chi connectivity index (χ1) is 15.4. The van der Waals surface area contributed by atoms with Crippen molar-refractivity contribution in [3.63, 3.8) is 0 Å². The Balaban J connectivity index is 2.07. The fourth-order valence-electron chi connectivity index (χ4n) is 3.87. The predicted octanol–water partition coefficient (Wildman–Crippen LogP) is 3.90. The van der Waals surface area contributed by atoms with Crippen LogP contribution in [0.5, 0.6) is 5.75 Å². The van der Waals surface area contributed by atoms with Gasteiger partial charge in [-0.3, -0.25) is 14.6 Å². The molecule has 32 heavy (non-hydrogen) atoms. The van der Waals surface area contributed by atoms with E-state index in [0.717, 1.165) is 13.1 Å². The van der Waals surface area contributed by atoms with Gasteiger partial charge >= 0.3 is 0 Å². The Morgan fingerprint density at radius 2 is 1.84 bits per heavy atom. The number of amides is 1. The Kier molecular flexibility index (Phi) is 7.88. The third-order valence-corrected chi connectivity index (χ3v) is 5.91. The van der Waals surface area contributed by atoms with Gasteiger partial charge in [-0.15, -0.1) is 0 Å².